The van der Waals surface area contributed by atoms with Crippen molar-refractivity contribution in [2.45, 2.75) is 12.8 Å². The van der Waals surface area contributed by atoms with Crippen molar-refractivity contribution in [2.24, 2.45) is 11.8 Å². The SMILES string of the molecule is COc1ccc(CC2COC(=O)C2Cc2ccc(OC)c(OC)c2)cc1OC. The summed E-state index contributed by atoms with van der Waals surface area (Å²) >= 11 is 0. The quantitative estimate of drug-likeness (QED) is 0.649. The van der Waals surface area contributed by atoms with E-state index in [1.165, 1.54) is 0 Å². The van der Waals surface area contributed by atoms with Gasteiger partial charge in [-0.1, -0.05) is 12.1 Å². The number of carbonyl (C=O) groups is 1. The van der Waals surface area contributed by atoms with Crippen LogP contribution in [0.1, 0.15) is 11.1 Å². The Balaban J connectivity index is 1.76. The lowest BCUT2D eigenvalue weighted by atomic mass is 9.85. The first-order valence-corrected chi connectivity index (χ1v) is 9.18. The van der Waals surface area contributed by atoms with Crippen LogP contribution in [0.25, 0.3) is 0 Å². The average molecular weight is 386 g/mol. The van der Waals surface area contributed by atoms with Gasteiger partial charge in [-0.05, 0) is 48.2 Å². The fourth-order valence-corrected chi connectivity index (χ4v) is 3.63. The van der Waals surface area contributed by atoms with Gasteiger partial charge in [0.15, 0.2) is 23.0 Å². The van der Waals surface area contributed by atoms with E-state index in [4.69, 9.17) is 23.7 Å². The maximum absolute atomic E-state index is 12.4. The topological polar surface area (TPSA) is 63.2 Å². The van der Waals surface area contributed by atoms with E-state index in [1.54, 1.807) is 28.4 Å². The largest absolute Gasteiger partial charge is 0.493 e. The first-order chi connectivity index (χ1) is 13.6. The molecular weight excluding hydrogens is 360 g/mol. The molecule has 3 rings (SSSR count). The monoisotopic (exact) mass is 386 g/mol. The molecule has 1 fully saturated rings. The highest BCUT2D eigenvalue weighted by Crippen LogP contribution is 2.34. The summed E-state index contributed by atoms with van der Waals surface area (Å²) in [5, 5.41) is 0. The minimum atomic E-state index is -0.203. The van der Waals surface area contributed by atoms with Crippen molar-refractivity contribution in [1.29, 1.82) is 0 Å². The standard InChI is InChI=1S/C22H26O6/c1-24-18-7-5-14(11-20(18)26-3)9-16-13-28-22(23)17(16)10-15-6-8-19(25-2)21(12-15)27-4/h5-8,11-12,16-17H,9-10,13H2,1-4H3. The molecule has 28 heavy (non-hydrogen) atoms. The summed E-state index contributed by atoms with van der Waals surface area (Å²) in [5.41, 5.74) is 2.09. The molecule has 1 saturated heterocycles. The van der Waals surface area contributed by atoms with Gasteiger partial charge in [0.2, 0.25) is 0 Å². The van der Waals surface area contributed by atoms with Gasteiger partial charge in [0, 0.05) is 5.92 Å². The summed E-state index contributed by atoms with van der Waals surface area (Å²) in [4.78, 5) is 12.4. The number of esters is 1. The second kappa shape index (κ2) is 8.87. The fourth-order valence-electron chi connectivity index (χ4n) is 3.63. The Bertz CT molecular complexity index is 832. The number of cyclic esters (lactones) is 1. The minimum Gasteiger partial charge on any atom is -0.493 e. The summed E-state index contributed by atoms with van der Waals surface area (Å²) in [7, 11) is 6.43. The third-order valence-electron chi connectivity index (χ3n) is 5.16. The average Bonchev–Trinajstić information content (AvgIpc) is 3.06. The van der Waals surface area contributed by atoms with Crippen molar-refractivity contribution in [3.8, 4) is 23.0 Å². The molecule has 0 N–H and O–H groups in total. The molecule has 2 aromatic rings. The molecule has 1 aliphatic rings. The molecule has 0 amide bonds. The van der Waals surface area contributed by atoms with Crippen molar-refractivity contribution in [3.05, 3.63) is 47.5 Å². The molecular formula is C22H26O6. The van der Waals surface area contributed by atoms with Gasteiger partial charge in [-0.15, -0.1) is 0 Å². The number of benzene rings is 2. The van der Waals surface area contributed by atoms with Gasteiger partial charge >= 0.3 is 5.97 Å². The van der Waals surface area contributed by atoms with E-state index in [9.17, 15) is 4.79 Å². The van der Waals surface area contributed by atoms with Crippen LogP contribution >= 0.6 is 0 Å². The first-order valence-electron chi connectivity index (χ1n) is 9.18. The number of carbonyl (C=O) groups excluding carboxylic acids is 1. The molecule has 0 radical (unpaired) electrons. The van der Waals surface area contributed by atoms with E-state index in [0.717, 1.165) is 17.5 Å². The molecule has 0 aliphatic carbocycles. The van der Waals surface area contributed by atoms with E-state index in [0.29, 0.717) is 36.0 Å². The van der Waals surface area contributed by atoms with E-state index >= 15 is 0 Å². The van der Waals surface area contributed by atoms with Crippen molar-refractivity contribution in [1.82, 2.24) is 0 Å². The zero-order valence-corrected chi connectivity index (χ0v) is 16.7. The van der Waals surface area contributed by atoms with Crippen LogP contribution in [-0.2, 0) is 22.4 Å². The Labute approximate surface area is 165 Å². The third kappa shape index (κ3) is 4.16. The Morgan fingerprint density at radius 3 is 1.79 bits per heavy atom. The van der Waals surface area contributed by atoms with Gasteiger partial charge in [-0.3, -0.25) is 4.79 Å². The lowest BCUT2D eigenvalue weighted by molar-refractivity contribution is -0.141. The second-order valence-corrected chi connectivity index (χ2v) is 6.78. The van der Waals surface area contributed by atoms with Crippen LogP contribution < -0.4 is 18.9 Å². The Hall–Kier alpha value is -2.89. The summed E-state index contributed by atoms with van der Waals surface area (Å²) < 4.78 is 26.7. The van der Waals surface area contributed by atoms with Crippen LogP contribution in [0.4, 0.5) is 0 Å². The third-order valence-corrected chi connectivity index (χ3v) is 5.16. The molecule has 6 nitrogen and oxygen atoms in total. The summed E-state index contributed by atoms with van der Waals surface area (Å²) in [6, 6.07) is 11.6. The molecule has 6 heteroatoms. The van der Waals surface area contributed by atoms with Gasteiger partial charge in [-0.2, -0.15) is 0 Å². The van der Waals surface area contributed by atoms with E-state index in [1.807, 2.05) is 36.4 Å². The number of hydrogen-bond donors (Lipinski definition) is 0. The van der Waals surface area contributed by atoms with Crippen molar-refractivity contribution < 1.29 is 28.5 Å². The molecule has 1 aliphatic heterocycles. The molecule has 0 aromatic heterocycles. The van der Waals surface area contributed by atoms with Crippen LogP contribution in [0, 0.1) is 11.8 Å². The van der Waals surface area contributed by atoms with Gasteiger partial charge in [0.1, 0.15) is 0 Å². The Morgan fingerprint density at radius 1 is 0.786 bits per heavy atom. The molecule has 2 unspecified atom stereocenters. The van der Waals surface area contributed by atoms with Crippen LogP contribution in [-0.4, -0.2) is 41.0 Å². The predicted molar refractivity (Wildman–Crippen MR) is 104 cm³/mol. The molecule has 150 valence electrons. The maximum Gasteiger partial charge on any atom is 0.309 e. The molecule has 1 heterocycles. The Morgan fingerprint density at radius 2 is 1.29 bits per heavy atom. The second-order valence-electron chi connectivity index (χ2n) is 6.78. The van der Waals surface area contributed by atoms with Gasteiger partial charge in [0.25, 0.3) is 0 Å². The van der Waals surface area contributed by atoms with E-state index in [-0.39, 0.29) is 17.8 Å². The lowest BCUT2D eigenvalue weighted by Crippen LogP contribution is -2.20. The molecule has 0 spiro atoms. The molecule has 0 bridgehead atoms. The van der Waals surface area contributed by atoms with Crippen LogP contribution in [0.2, 0.25) is 0 Å². The molecule has 2 atom stereocenters. The number of hydrogen-bond acceptors (Lipinski definition) is 6. The summed E-state index contributed by atoms with van der Waals surface area (Å²) in [6.07, 6.45) is 1.32. The van der Waals surface area contributed by atoms with E-state index in [2.05, 4.69) is 0 Å². The van der Waals surface area contributed by atoms with Gasteiger partial charge in [0.05, 0.1) is 41.0 Å². The van der Waals surface area contributed by atoms with Crippen molar-refractivity contribution >= 4 is 5.97 Å². The summed E-state index contributed by atoms with van der Waals surface area (Å²) in [5.74, 6) is 2.43. The lowest BCUT2D eigenvalue weighted by Gasteiger charge is -2.17. The van der Waals surface area contributed by atoms with Crippen molar-refractivity contribution in [2.75, 3.05) is 35.0 Å². The van der Waals surface area contributed by atoms with Crippen molar-refractivity contribution in [3.63, 3.8) is 0 Å². The van der Waals surface area contributed by atoms with Crippen LogP contribution in [0.5, 0.6) is 23.0 Å². The predicted octanol–water partition coefficient (Wildman–Crippen LogP) is 3.30. The smallest absolute Gasteiger partial charge is 0.309 e. The van der Waals surface area contributed by atoms with Gasteiger partial charge in [-0.25, -0.2) is 0 Å². The Kier molecular flexibility index (Phi) is 6.29. The molecule has 2 aromatic carbocycles. The fraction of sp³-hybridized carbons (Fsp3) is 0.409. The number of rotatable bonds is 8. The van der Waals surface area contributed by atoms with Gasteiger partial charge < -0.3 is 23.7 Å². The first kappa shape index (κ1) is 19.9. The number of ether oxygens (including phenoxy) is 5. The van der Waals surface area contributed by atoms with E-state index < -0.39 is 0 Å². The zero-order chi connectivity index (χ0) is 20.1. The minimum absolute atomic E-state index is 0.0960. The normalized spacial score (nSPS) is 18.5. The van der Waals surface area contributed by atoms with Crippen LogP contribution in [0.15, 0.2) is 36.4 Å². The highest BCUT2D eigenvalue weighted by Gasteiger charge is 2.37. The highest BCUT2D eigenvalue weighted by atomic mass is 16.5. The number of methoxy groups -OCH3 is 4. The molecule has 0 saturated carbocycles. The highest BCUT2D eigenvalue weighted by molar-refractivity contribution is 5.75. The maximum atomic E-state index is 12.4. The zero-order valence-electron chi connectivity index (χ0n) is 16.7. The van der Waals surface area contributed by atoms with Crippen LogP contribution in [0.3, 0.4) is 0 Å². The summed E-state index contributed by atoms with van der Waals surface area (Å²) in [6.45, 7) is 0.422.